The van der Waals surface area contributed by atoms with E-state index in [4.69, 9.17) is 9.72 Å². The Hall–Kier alpha value is -3.01. The number of pyridine rings is 1. The molecule has 1 heterocycles. The molecule has 3 aromatic rings. The molecule has 1 atom stereocenters. The van der Waals surface area contributed by atoms with E-state index in [0.29, 0.717) is 5.69 Å². The van der Waals surface area contributed by atoms with Crippen LogP contribution in [0.2, 0.25) is 0 Å². The van der Waals surface area contributed by atoms with Crippen LogP contribution in [-0.4, -0.2) is 22.3 Å². The molecule has 1 aromatic heterocycles. The first kappa shape index (κ1) is 18.8. The molecule has 0 amide bonds. The molecule has 0 aliphatic carbocycles. The number of hydrogen-bond acceptors (Lipinski definition) is 4. The lowest BCUT2D eigenvalue weighted by molar-refractivity contribution is -0.158. The summed E-state index contributed by atoms with van der Waals surface area (Å²) in [6.07, 6.45) is 0. The second-order valence-electron chi connectivity index (χ2n) is 7.56. The van der Waals surface area contributed by atoms with Crippen LogP contribution < -0.4 is 0 Å². The predicted octanol–water partition coefficient (Wildman–Crippen LogP) is 4.92. The number of carbonyl (C=O) groups is 2. The maximum absolute atomic E-state index is 12.8. The normalized spacial score (nSPS) is 12.6. The number of benzene rings is 2. The van der Waals surface area contributed by atoms with E-state index < -0.39 is 17.5 Å². The lowest BCUT2D eigenvalue weighted by atomic mass is 9.91. The summed E-state index contributed by atoms with van der Waals surface area (Å²) in [5.74, 6) is -1.93. The van der Waals surface area contributed by atoms with Crippen LogP contribution in [0.1, 0.15) is 39.3 Å². The van der Waals surface area contributed by atoms with Crippen molar-refractivity contribution in [3.05, 3.63) is 66.4 Å². The largest absolute Gasteiger partial charge is 0.459 e. The van der Waals surface area contributed by atoms with Crippen molar-refractivity contribution in [1.82, 2.24) is 4.98 Å². The Morgan fingerprint density at radius 1 is 0.963 bits per heavy atom. The van der Waals surface area contributed by atoms with Crippen molar-refractivity contribution in [2.75, 3.05) is 0 Å². The number of ketones is 1. The number of hydrogen-bond donors (Lipinski definition) is 0. The molecule has 0 fully saturated rings. The highest BCUT2D eigenvalue weighted by Crippen LogP contribution is 2.33. The predicted molar refractivity (Wildman–Crippen MR) is 106 cm³/mol. The number of ether oxygens (including phenoxy) is 1. The average Bonchev–Trinajstić information content (AvgIpc) is 2.60. The van der Waals surface area contributed by atoms with Gasteiger partial charge in [0.15, 0.2) is 5.92 Å². The number of rotatable bonds is 4. The van der Waals surface area contributed by atoms with E-state index >= 15 is 0 Å². The lowest BCUT2D eigenvalue weighted by Crippen LogP contribution is -2.31. The summed E-state index contributed by atoms with van der Waals surface area (Å²) in [6.45, 7) is 6.76. The molecular weight excluding hydrogens is 338 g/mol. The van der Waals surface area contributed by atoms with Crippen LogP contribution in [0.5, 0.6) is 0 Å². The third kappa shape index (κ3) is 4.22. The summed E-state index contributed by atoms with van der Waals surface area (Å²) >= 11 is 0. The molecule has 4 heteroatoms. The quantitative estimate of drug-likeness (QED) is 0.489. The van der Waals surface area contributed by atoms with Crippen LogP contribution in [0.4, 0.5) is 0 Å². The molecule has 1 unspecified atom stereocenters. The van der Waals surface area contributed by atoms with Crippen molar-refractivity contribution in [3.8, 4) is 11.1 Å². The highest BCUT2D eigenvalue weighted by atomic mass is 16.6. The molecule has 2 aromatic carbocycles. The van der Waals surface area contributed by atoms with Gasteiger partial charge in [0.05, 0.1) is 11.2 Å². The number of nitrogens with zero attached hydrogens (tertiary/aromatic N) is 1. The number of aromatic nitrogens is 1. The van der Waals surface area contributed by atoms with Gasteiger partial charge in [-0.3, -0.25) is 14.6 Å². The molecule has 0 radical (unpaired) electrons. The Kier molecular flexibility index (Phi) is 5.08. The van der Waals surface area contributed by atoms with Gasteiger partial charge in [0.25, 0.3) is 0 Å². The van der Waals surface area contributed by atoms with Crippen molar-refractivity contribution in [1.29, 1.82) is 0 Å². The topological polar surface area (TPSA) is 56.3 Å². The highest BCUT2D eigenvalue weighted by Gasteiger charge is 2.33. The smallest absolute Gasteiger partial charge is 0.323 e. The molecule has 27 heavy (non-hydrogen) atoms. The zero-order valence-electron chi connectivity index (χ0n) is 16.0. The molecule has 0 saturated carbocycles. The van der Waals surface area contributed by atoms with Crippen molar-refractivity contribution >= 4 is 22.7 Å². The van der Waals surface area contributed by atoms with Gasteiger partial charge >= 0.3 is 5.97 Å². The zero-order valence-corrected chi connectivity index (χ0v) is 16.0. The van der Waals surface area contributed by atoms with Crippen LogP contribution in [-0.2, 0) is 14.3 Å². The van der Waals surface area contributed by atoms with Crippen LogP contribution in [0.15, 0.2) is 60.7 Å². The summed E-state index contributed by atoms with van der Waals surface area (Å²) in [5, 5.41) is 0.951. The Morgan fingerprint density at radius 2 is 1.59 bits per heavy atom. The van der Waals surface area contributed by atoms with Crippen LogP contribution in [0, 0.1) is 0 Å². The summed E-state index contributed by atoms with van der Waals surface area (Å²) in [7, 11) is 0. The number of para-hydroxylation sites is 1. The zero-order chi connectivity index (χ0) is 19.6. The van der Waals surface area contributed by atoms with E-state index in [1.54, 1.807) is 20.8 Å². The van der Waals surface area contributed by atoms with Crippen molar-refractivity contribution in [2.24, 2.45) is 0 Å². The molecule has 0 aliphatic rings. The first-order chi connectivity index (χ1) is 12.8. The molecule has 0 N–H and O–H groups in total. The summed E-state index contributed by atoms with van der Waals surface area (Å²) in [5.41, 5.74) is 2.15. The minimum absolute atomic E-state index is 0.288. The number of Topliss-reactive ketones (excluding diaryl/α,β-unsaturated/α-hetero) is 1. The summed E-state index contributed by atoms with van der Waals surface area (Å²) in [4.78, 5) is 30.0. The van der Waals surface area contributed by atoms with E-state index in [1.807, 2.05) is 60.7 Å². The van der Waals surface area contributed by atoms with Crippen molar-refractivity contribution in [3.63, 3.8) is 0 Å². The van der Waals surface area contributed by atoms with Gasteiger partial charge in [-0.1, -0.05) is 48.5 Å². The van der Waals surface area contributed by atoms with Crippen LogP contribution in [0.25, 0.3) is 22.0 Å². The van der Waals surface area contributed by atoms with E-state index in [2.05, 4.69) is 0 Å². The molecule has 0 aliphatic heterocycles. The van der Waals surface area contributed by atoms with Gasteiger partial charge in [-0.15, -0.1) is 0 Å². The summed E-state index contributed by atoms with van der Waals surface area (Å²) in [6, 6.07) is 19.3. The fourth-order valence-corrected chi connectivity index (χ4v) is 3.03. The third-order valence-electron chi connectivity index (χ3n) is 4.16. The second-order valence-corrected chi connectivity index (χ2v) is 7.56. The molecule has 0 bridgehead atoms. The first-order valence-electron chi connectivity index (χ1n) is 8.95. The molecule has 0 spiro atoms. The maximum Gasteiger partial charge on any atom is 0.323 e. The van der Waals surface area contributed by atoms with Gasteiger partial charge < -0.3 is 4.74 Å². The fraction of sp³-hybridized carbons (Fsp3) is 0.261. The summed E-state index contributed by atoms with van der Waals surface area (Å²) < 4.78 is 5.52. The van der Waals surface area contributed by atoms with Gasteiger partial charge in [-0.05, 0) is 45.4 Å². The number of carbonyl (C=O) groups excluding carboxylic acids is 2. The first-order valence-corrected chi connectivity index (χ1v) is 8.95. The van der Waals surface area contributed by atoms with E-state index in [9.17, 15) is 9.59 Å². The van der Waals surface area contributed by atoms with Gasteiger partial charge in [0, 0.05) is 10.9 Å². The van der Waals surface area contributed by atoms with E-state index in [-0.39, 0.29) is 5.78 Å². The van der Waals surface area contributed by atoms with E-state index in [0.717, 1.165) is 22.0 Å². The van der Waals surface area contributed by atoms with Crippen molar-refractivity contribution in [2.45, 2.75) is 39.2 Å². The third-order valence-corrected chi connectivity index (χ3v) is 4.16. The van der Waals surface area contributed by atoms with E-state index in [1.165, 1.54) is 6.92 Å². The standard InChI is InChI=1S/C23H23NO3/c1-15(25)20(22(26)27-23(2,3)4)21-18(16-10-6-5-7-11-16)14-17-12-8-9-13-19(17)24-21/h5-14,20H,1-4H3. The fourth-order valence-electron chi connectivity index (χ4n) is 3.03. The van der Waals surface area contributed by atoms with Crippen molar-refractivity contribution < 1.29 is 14.3 Å². The molecule has 4 nitrogen and oxygen atoms in total. The minimum atomic E-state index is -1.07. The SMILES string of the molecule is CC(=O)C(C(=O)OC(C)(C)C)c1nc2ccccc2cc1-c1ccccc1. The maximum atomic E-state index is 12.8. The highest BCUT2D eigenvalue weighted by molar-refractivity contribution is 6.05. The lowest BCUT2D eigenvalue weighted by Gasteiger charge is -2.24. The molecular formula is C23H23NO3. The van der Waals surface area contributed by atoms with Crippen LogP contribution >= 0.6 is 0 Å². The van der Waals surface area contributed by atoms with Gasteiger partial charge in [-0.2, -0.15) is 0 Å². The van der Waals surface area contributed by atoms with Crippen LogP contribution in [0.3, 0.4) is 0 Å². The molecule has 0 saturated heterocycles. The van der Waals surface area contributed by atoms with Gasteiger partial charge in [0.1, 0.15) is 11.4 Å². The Balaban J connectivity index is 2.23. The Labute approximate surface area is 159 Å². The minimum Gasteiger partial charge on any atom is -0.459 e. The van der Waals surface area contributed by atoms with Gasteiger partial charge in [0.2, 0.25) is 0 Å². The monoisotopic (exact) mass is 361 g/mol. The Bertz CT molecular complexity index is 987. The number of esters is 1. The van der Waals surface area contributed by atoms with Gasteiger partial charge in [-0.25, -0.2) is 0 Å². The number of fused-ring (bicyclic) bond motifs is 1. The second kappa shape index (κ2) is 7.31. The molecule has 3 rings (SSSR count). The average molecular weight is 361 g/mol. The molecule has 138 valence electrons. The Morgan fingerprint density at radius 3 is 2.22 bits per heavy atom.